The van der Waals surface area contributed by atoms with Crippen molar-refractivity contribution in [3.8, 4) is 16.4 Å². The maximum atomic E-state index is 4.12. The van der Waals surface area contributed by atoms with Crippen molar-refractivity contribution in [1.82, 2.24) is 25.2 Å². The zero-order valence-corrected chi connectivity index (χ0v) is 10.4. The van der Waals surface area contributed by atoms with Gasteiger partial charge in [0.05, 0.1) is 11.9 Å². The van der Waals surface area contributed by atoms with E-state index in [1.165, 1.54) is 11.3 Å². The Bertz CT molecular complexity index is 644. The summed E-state index contributed by atoms with van der Waals surface area (Å²) in [7, 11) is 1.82. The first-order chi connectivity index (χ1) is 8.88. The highest BCUT2D eigenvalue weighted by Gasteiger charge is 2.13. The Balaban J connectivity index is 2.07. The first-order valence-corrected chi connectivity index (χ1v) is 6.18. The Labute approximate surface area is 107 Å². The van der Waals surface area contributed by atoms with E-state index in [4.69, 9.17) is 0 Å². The molecule has 2 aromatic heterocycles. The molecule has 0 amide bonds. The van der Waals surface area contributed by atoms with Crippen molar-refractivity contribution < 1.29 is 0 Å². The van der Waals surface area contributed by atoms with Gasteiger partial charge in [-0.2, -0.15) is 0 Å². The smallest absolute Gasteiger partial charge is 0.205 e. The van der Waals surface area contributed by atoms with Crippen LogP contribution in [-0.4, -0.2) is 32.2 Å². The Morgan fingerprint density at radius 1 is 1.17 bits per heavy atom. The average molecular weight is 258 g/mol. The Hall–Kier alpha value is -2.28. The number of benzene rings is 1. The molecule has 6 nitrogen and oxygen atoms in total. The van der Waals surface area contributed by atoms with Crippen LogP contribution in [0.5, 0.6) is 0 Å². The van der Waals surface area contributed by atoms with Gasteiger partial charge in [-0.05, 0) is 12.1 Å². The van der Waals surface area contributed by atoms with Crippen LogP contribution in [0.15, 0.2) is 36.5 Å². The van der Waals surface area contributed by atoms with E-state index in [0.717, 1.165) is 21.5 Å². The zero-order valence-electron chi connectivity index (χ0n) is 9.61. The molecule has 0 radical (unpaired) electrons. The fourth-order valence-corrected chi connectivity index (χ4v) is 2.26. The van der Waals surface area contributed by atoms with Gasteiger partial charge in [-0.1, -0.05) is 34.7 Å². The van der Waals surface area contributed by atoms with Gasteiger partial charge in [-0.25, -0.2) is 4.68 Å². The summed E-state index contributed by atoms with van der Waals surface area (Å²) >= 11 is 1.47. The second-order valence-electron chi connectivity index (χ2n) is 3.53. The van der Waals surface area contributed by atoms with Gasteiger partial charge in [0.1, 0.15) is 5.69 Å². The number of hydrogen-bond acceptors (Lipinski definition) is 6. The number of aromatic nitrogens is 5. The SMILES string of the molecule is CNc1nnc(-c2cnnn2-c2ccccc2)s1. The van der Waals surface area contributed by atoms with Crippen LogP contribution in [0.4, 0.5) is 5.13 Å². The minimum Gasteiger partial charge on any atom is -0.363 e. The number of rotatable bonds is 3. The third kappa shape index (κ3) is 1.84. The van der Waals surface area contributed by atoms with Gasteiger partial charge in [0.2, 0.25) is 5.13 Å². The first kappa shape index (κ1) is 10.8. The van der Waals surface area contributed by atoms with Crippen LogP contribution >= 0.6 is 11.3 Å². The summed E-state index contributed by atoms with van der Waals surface area (Å²) in [5.74, 6) is 0. The molecule has 1 N–H and O–H groups in total. The van der Waals surface area contributed by atoms with Crippen LogP contribution in [0.25, 0.3) is 16.4 Å². The van der Waals surface area contributed by atoms with E-state index in [1.54, 1.807) is 10.9 Å². The molecular formula is C11H10N6S. The quantitative estimate of drug-likeness (QED) is 0.776. The number of nitrogens with zero attached hydrogens (tertiary/aromatic N) is 5. The van der Waals surface area contributed by atoms with Gasteiger partial charge in [0, 0.05) is 7.05 Å². The third-order valence-corrected chi connectivity index (χ3v) is 3.37. The number of para-hydroxylation sites is 1. The van der Waals surface area contributed by atoms with Crippen molar-refractivity contribution >= 4 is 16.5 Å². The van der Waals surface area contributed by atoms with Crippen LogP contribution < -0.4 is 5.32 Å². The molecule has 7 heteroatoms. The third-order valence-electron chi connectivity index (χ3n) is 2.41. The molecule has 0 aliphatic rings. The molecule has 0 aliphatic heterocycles. The van der Waals surface area contributed by atoms with E-state index in [-0.39, 0.29) is 0 Å². The summed E-state index contributed by atoms with van der Waals surface area (Å²) in [6.07, 6.45) is 1.69. The van der Waals surface area contributed by atoms with Crippen molar-refractivity contribution in [3.63, 3.8) is 0 Å². The number of anilines is 1. The molecule has 3 aromatic rings. The number of nitrogens with one attached hydrogen (secondary N) is 1. The molecule has 1 aromatic carbocycles. The minimum atomic E-state index is 0.769. The van der Waals surface area contributed by atoms with E-state index in [0.29, 0.717) is 0 Å². The van der Waals surface area contributed by atoms with Crippen LogP contribution in [0.3, 0.4) is 0 Å². The maximum absolute atomic E-state index is 4.12. The normalized spacial score (nSPS) is 10.5. The largest absolute Gasteiger partial charge is 0.363 e. The Morgan fingerprint density at radius 3 is 2.72 bits per heavy atom. The standard InChI is InChI=1S/C11H10N6S/c1-12-11-15-14-10(18-11)9-7-13-16-17(9)8-5-3-2-4-6-8/h2-7H,1H3,(H,12,15). The second-order valence-corrected chi connectivity index (χ2v) is 4.51. The van der Waals surface area contributed by atoms with Crippen LogP contribution in [0.1, 0.15) is 0 Å². The van der Waals surface area contributed by atoms with Crippen molar-refractivity contribution in [3.05, 3.63) is 36.5 Å². The monoisotopic (exact) mass is 258 g/mol. The van der Waals surface area contributed by atoms with Gasteiger partial charge in [-0.15, -0.1) is 15.3 Å². The highest BCUT2D eigenvalue weighted by Crippen LogP contribution is 2.26. The summed E-state index contributed by atoms with van der Waals surface area (Å²) in [4.78, 5) is 0. The molecule has 0 atom stereocenters. The minimum absolute atomic E-state index is 0.769. The lowest BCUT2D eigenvalue weighted by molar-refractivity contribution is 0.806. The topological polar surface area (TPSA) is 68.5 Å². The molecule has 0 saturated carbocycles. The lowest BCUT2D eigenvalue weighted by Crippen LogP contribution is -1.98. The summed E-state index contributed by atoms with van der Waals surface area (Å²) in [6.45, 7) is 0. The molecule has 0 fully saturated rings. The molecule has 0 saturated heterocycles. The first-order valence-electron chi connectivity index (χ1n) is 5.36. The summed E-state index contributed by atoms with van der Waals surface area (Å²) in [5, 5.41) is 20.7. The fourth-order valence-electron chi connectivity index (χ4n) is 1.57. The molecule has 0 unspecified atom stereocenters. The van der Waals surface area contributed by atoms with E-state index < -0.39 is 0 Å². The van der Waals surface area contributed by atoms with Crippen molar-refractivity contribution in [1.29, 1.82) is 0 Å². The highest BCUT2D eigenvalue weighted by molar-refractivity contribution is 7.18. The van der Waals surface area contributed by atoms with Gasteiger partial charge in [0.15, 0.2) is 5.01 Å². The lowest BCUT2D eigenvalue weighted by atomic mass is 10.3. The molecule has 3 rings (SSSR count). The lowest BCUT2D eigenvalue weighted by Gasteiger charge is -2.02. The number of hydrogen-bond donors (Lipinski definition) is 1. The molecule has 0 bridgehead atoms. The predicted octanol–water partition coefficient (Wildman–Crippen LogP) is 1.83. The van der Waals surface area contributed by atoms with Crippen molar-refractivity contribution in [2.24, 2.45) is 0 Å². The summed E-state index contributed by atoms with van der Waals surface area (Å²) in [6, 6.07) is 9.82. The van der Waals surface area contributed by atoms with E-state index in [2.05, 4.69) is 25.8 Å². The molecule has 0 spiro atoms. The van der Waals surface area contributed by atoms with Gasteiger partial charge in [-0.3, -0.25) is 0 Å². The maximum Gasteiger partial charge on any atom is 0.205 e. The van der Waals surface area contributed by atoms with E-state index >= 15 is 0 Å². The van der Waals surface area contributed by atoms with Crippen LogP contribution in [0.2, 0.25) is 0 Å². The van der Waals surface area contributed by atoms with E-state index in [1.807, 2.05) is 37.4 Å². The van der Waals surface area contributed by atoms with Crippen molar-refractivity contribution in [2.45, 2.75) is 0 Å². The Kier molecular flexibility index (Phi) is 2.73. The van der Waals surface area contributed by atoms with Gasteiger partial charge >= 0.3 is 0 Å². The van der Waals surface area contributed by atoms with E-state index in [9.17, 15) is 0 Å². The molecule has 18 heavy (non-hydrogen) atoms. The van der Waals surface area contributed by atoms with Crippen LogP contribution in [-0.2, 0) is 0 Å². The fraction of sp³-hybridized carbons (Fsp3) is 0.0909. The predicted molar refractivity (Wildman–Crippen MR) is 69.8 cm³/mol. The summed E-state index contributed by atoms with van der Waals surface area (Å²) < 4.78 is 1.75. The zero-order chi connectivity index (χ0) is 12.4. The highest BCUT2D eigenvalue weighted by atomic mass is 32.1. The van der Waals surface area contributed by atoms with Crippen LogP contribution in [0, 0.1) is 0 Å². The second kappa shape index (κ2) is 4.53. The molecule has 2 heterocycles. The van der Waals surface area contributed by atoms with Crippen molar-refractivity contribution in [2.75, 3.05) is 12.4 Å². The van der Waals surface area contributed by atoms with Gasteiger partial charge < -0.3 is 5.32 Å². The van der Waals surface area contributed by atoms with Gasteiger partial charge in [0.25, 0.3) is 0 Å². The Morgan fingerprint density at radius 2 is 2.00 bits per heavy atom. The molecular weight excluding hydrogens is 248 g/mol. The molecule has 90 valence electrons. The average Bonchev–Trinajstić information content (AvgIpc) is 3.08. The summed E-state index contributed by atoms with van der Waals surface area (Å²) in [5.41, 5.74) is 1.78. The molecule has 0 aliphatic carbocycles.